The molecule has 1 N–H and O–H groups in total. The summed E-state index contributed by atoms with van der Waals surface area (Å²) >= 11 is 0. The van der Waals surface area contributed by atoms with E-state index < -0.39 is 18.3 Å². The second kappa shape index (κ2) is 5.45. The van der Waals surface area contributed by atoms with Crippen LogP contribution >= 0.6 is 0 Å². The quantitative estimate of drug-likeness (QED) is 0.884. The lowest BCUT2D eigenvalue weighted by molar-refractivity contribution is 0.150. The zero-order valence-corrected chi connectivity index (χ0v) is 10.3. The number of hydrogen-bond donors (Lipinski definition) is 1. The second-order valence-corrected chi connectivity index (χ2v) is 4.38. The van der Waals surface area contributed by atoms with Gasteiger partial charge in [-0.2, -0.15) is 0 Å². The van der Waals surface area contributed by atoms with Crippen molar-refractivity contribution in [3.05, 3.63) is 70.5 Å². The largest absolute Gasteiger partial charge is 0.384 e. The summed E-state index contributed by atoms with van der Waals surface area (Å²) in [5.74, 6) is -0.429. The summed E-state index contributed by atoms with van der Waals surface area (Å²) < 4.78 is 38.6. The SMILES string of the molecule is Cc1ccc(C(O)c2cccc(C(F)F)c2)cc1F. The summed E-state index contributed by atoms with van der Waals surface area (Å²) in [6, 6.07) is 9.85. The number of benzene rings is 2. The summed E-state index contributed by atoms with van der Waals surface area (Å²) in [5, 5.41) is 10.1. The molecule has 0 radical (unpaired) electrons. The third-order valence-corrected chi connectivity index (χ3v) is 2.99. The van der Waals surface area contributed by atoms with Gasteiger partial charge in [-0.15, -0.1) is 0 Å². The number of alkyl halides is 2. The van der Waals surface area contributed by atoms with Gasteiger partial charge in [-0.1, -0.05) is 30.3 Å². The summed E-state index contributed by atoms with van der Waals surface area (Å²) in [7, 11) is 0. The lowest BCUT2D eigenvalue weighted by Crippen LogP contribution is -2.01. The van der Waals surface area contributed by atoms with E-state index in [9.17, 15) is 18.3 Å². The summed E-state index contributed by atoms with van der Waals surface area (Å²) in [5.41, 5.74) is 0.969. The van der Waals surface area contributed by atoms with Gasteiger partial charge in [0.15, 0.2) is 0 Å². The number of aryl methyl sites for hydroxylation is 1. The Kier molecular flexibility index (Phi) is 3.90. The normalized spacial score (nSPS) is 12.7. The van der Waals surface area contributed by atoms with Gasteiger partial charge in [0.2, 0.25) is 0 Å². The maximum absolute atomic E-state index is 13.4. The Labute approximate surface area is 109 Å². The minimum absolute atomic E-state index is 0.163. The molecule has 0 aliphatic rings. The van der Waals surface area contributed by atoms with Crippen LogP contribution in [0.2, 0.25) is 0 Å². The molecule has 2 aromatic carbocycles. The molecule has 0 aliphatic heterocycles. The molecule has 2 aromatic rings. The van der Waals surface area contributed by atoms with Crippen LogP contribution in [0.3, 0.4) is 0 Å². The summed E-state index contributed by atoms with van der Waals surface area (Å²) in [6.07, 6.45) is -3.71. The van der Waals surface area contributed by atoms with Crippen molar-refractivity contribution in [2.45, 2.75) is 19.5 Å². The average molecular weight is 266 g/mol. The minimum Gasteiger partial charge on any atom is -0.384 e. The van der Waals surface area contributed by atoms with Crippen LogP contribution in [0.25, 0.3) is 0 Å². The maximum Gasteiger partial charge on any atom is 0.263 e. The molecule has 0 saturated carbocycles. The van der Waals surface area contributed by atoms with Gasteiger partial charge in [0.25, 0.3) is 6.43 Å². The van der Waals surface area contributed by atoms with Gasteiger partial charge in [-0.3, -0.25) is 0 Å². The number of aliphatic hydroxyl groups is 1. The molecule has 0 fully saturated rings. The standard InChI is InChI=1S/C15H13F3O/c1-9-5-6-11(8-13(9)16)14(19)10-3-2-4-12(7-10)15(17)18/h2-8,14-15,19H,1H3. The Hall–Kier alpha value is -1.81. The molecule has 19 heavy (non-hydrogen) atoms. The molecule has 0 bridgehead atoms. The first kappa shape index (κ1) is 13.6. The van der Waals surface area contributed by atoms with Gasteiger partial charge in [0, 0.05) is 5.56 Å². The molecule has 1 atom stereocenters. The molecular weight excluding hydrogens is 253 g/mol. The molecule has 4 heteroatoms. The molecule has 100 valence electrons. The first-order chi connectivity index (χ1) is 8.99. The molecule has 0 spiro atoms. The van der Waals surface area contributed by atoms with E-state index in [4.69, 9.17) is 0 Å². The Morgan fingerprint density at radius 2 is 1.58 bits per heavy atom. The Bertz CT molecular complexity index is 581. The van der Waals surface area contributed by atoms with E-state index in [1.807, 2.05) is 0 Å². The first-order valence-electron chi connectivity index (χ1n) is 5.81. The van der Waals surface area contributed by atoms with E-state index >= 15 is 0 Å². The van der Waals surface area contributed by atoms with Crippen molar-refractivity contribution in [1.29, 1.82) is 0 Å². The van der Waals surface area contributed by atoms with Crippen molar-refractivity contribution in [3.63, 3.8) is 0 Å². The van der Waals surface area contributed by atoms with Crippen molar-refractivity contribution < 1.29 is 18.3 Å². The molecular formula is C15H13F3O. The van der Waals surface area contributed by atoms with Crippen LogP contribution in [0.5, 0.6) is 0 Å². The highest BCUT2D eigenvalue weighted by molar-refractivity contribution is 5.34. The van der Waals surface area contributed by atoms with E-state index in [0.29, 0.717) is 16.7 Å². The fraction of sp³-hybridized carbons (Fsp3) is 0.200. The fourth-order valence-electron chi connectivity index (χ4n) is 1.84. The maximum atomic E-state index is 13.4. The lowest BCUT2D eigenvalue weighted by atomic mass is 9.99. The Morgan fingerprint density at radius 3 is 2.21 bits per heavy atom. The van der Waals surface area contributed by atoms with Crippen LogP contribution in [0, 0.1) is 12.7 Å². The van der Waals surface area contributed by atoms with E-state index in [1.54, 1.807) is 19.1 Å². The highest BCUT2D eigenvalue weighted by Crippen LogP contribution is 2.27. The zero-order valence-electron chi connectivity index (χ0n) is 10.3. The van der Waals surface area contributed by atoms with Crippen LogP contribution in [0.4, 0.5) is 13.2 Å². The monoisotopic (exact) mass is 266 g/mol. The number of hydrogen-bond acceptors (Lipinski definition) is 1. The smallest absolute Gasteiger partial charge is 0.263 e. The first-order valence-corrected chi connectivity index (χ1v) is 5.81. The molecule has 0 heterocycles. The van der Waals surface area contributed by atoms with Gasteiger partial charge in [0.05, 0.1) is 0 Å². The lowest BCUT2D eigenvalue weighted by Gasteiger charge is -2.13. The fourth-order valence-corrected chi connectivity index (χ4v) is 1.84. The number of rotatable bonds is 3. The second-order valence-electron chi connectivity index (χ2n) is 4.38. The van der Waals surface area contributed by atoms with Gasteiger partial charge in [-0.25, -0.2) is 13.2 Å². The van der Waals surface area contributed by atoms with Crippen LogP contribution in [0.15, 0.2) is 42.5 Å². The van der Waals surface area contributed by atoms with E-state index in [0.717, 1.165) is 0 Å². The highest BCUT2D eigenvalue weighted by atomic mass is 19.3. The Morgan fingerprint density at radius 1 is 0.947 bits per heavy atom. The average Bonchev–Trinajstić information content (AvgIpc) is 2.41. The van der Waals surface area contributed by atoms with Crippen LogP contribution in [0.1, 0.15) is 34.8 Å². The molecule has 1 unspecified atom stereocenters. The molecule has 0 saturated heterocycles. The van der Waals surface area contributed by atoms with Gasteiger partial charge in [-0.05, 0) is 35.7 Å². The van der Waals surface area contributed by atoms with Gasteiger partial charge >= 0.3 is 0 Å². The molecule has 0 aromatic heterocycles. The van der Waals surface area contributed by atoms with Crippen molar-refractivity contribution in [3.8, 4) is 0 Å². The topological polar surface area (TPSA) is 20.2 Å². The summed E-state index contributed by atoms with van der Waals surface area (Å²) in [6.45, 7) is 1.61. The predicted molar refractivity (Wildman–Crippen MR) is 66.6 cm³/mol. The highest BCUT2D eigenvalue weighted by Gasteiger charge is 2.14. The third-order valence-electron chi connectivity index (χ3n) is 2.99. The van der Waals surface area contributed by atoms with Crippen molar-refractivity contribution >= 4 is 0 Å². The van der Waals surface area contributed by atoms with Crippen molar-refractivity contribution in [2.75, 3.05) is 0 Å². The predicted octanol–water partition coefficient (Wildman–Crippen LogP) is 4.15. The molecule has 2 rings (SSSR count). The minimum atomic E-state index is -2.60. The van der Waals surface area contributed by atoms with Gasteiger partial charge < -0.3 is 5.11 Å². The summed E-state index contributed by atoms with van der Waals surface area (Å²) in [4.78, 5) is 0. The van der Waals surface area contributed by atoms with Crippen LogP contribution in [-0.4, -0.2) is 5.11 Å². The van der Waals surface area contributed by atoms with E-state index in [2.05, 4.69) is 0 Å². The molecule has 0 aliphatic carbocycles. The van der Waals surface area contributed by atoms with E-state index in [1.165, 1.54) is 30.3 Å². The van der Waals surface area contributed by atoms with Crippen LogP contribution in [-0.2, 0) is 0 Å². The number of aliphatic hydroxyl groups excluding tert-OH is 1. The molecule has 0 amide bonds. The Balaban J connectivity index is 2.35. The van der Waals surface area contributed by atoms with Gasteiger partial charge in [0.1, 0.15) is 11.9 Å². The third kappa shape index (κ3) is 2.96. The van der Waals surface area contributed by atoms with Crippen molar-refractivity contribution in [2.24, 2.45) is 0 Å². The van der Waals surface area contributed by atoms with Crippen LogP contribution < -0.4 is 0 Å². The van der Waals surface area contributed by atoms with E-state index in [-0.39, 0.29) is 5.56 Å². The number of halogens is 3. The van der Waals surface area contributed by atoms with Crippen molar-refractivity contribution in [1.82, 2.24) is 0 Å². The zero-order chi connectivity index (χ0) is 14.0. The molecule has 1 nitrogen and oxygen atoms in total.